The molecule has 0 radical (unpaired) electrons. The molecule has 0 spiro atoms. The van der Waals surface area contributed by atoms with Gasteiger partial charge >= 0.3 is 6.03 Å². The second-order valence-corrected chi connectivity index (χ2v) is 6.24. The number of carbonyl (C=O) groups excluding carboxylic acids is 1. The zero-order valence-electron chi connectivity index (χ0n) is 14.0. The predicted molar refractivity (Wildman–Crippen MR) is 101 cm³/mol. The van der Waals surface area contributed by atoms with E-state index >= 15 is 0 Å². The van der Waals surface area contributed by atoms with Gasteiger partial charge in [0.25, 0.3) is 0 Å². The third-order valence-electron chi connectivity index (χ3n) is 4.62. The molecule has 0 aromatic heterocycles. The molecule has 3 aromatic rings. The summed E-state index contributed by atoms with van der Waals surface area (Å²) in [6.07, 6.45) is 1.88. The summed E-state index contributed by atoms with van der Waals surface area (Å²) in [5.41, 5.74) is 5.44. The summed E-state index contributed by atoms with van der Waals surface area (Å²) < 4.78 is 0. The number of aryl methyl sites for hydroxylation is 2. The largest absolute Gasteiger partial charge is 0.333 e. The van der Waals surface area contributed by atoms with E-state index in [-0.39, 0.29) is 6.03 Å². The van der Waals surface area contributed by atoms with Crippen LogP contribution in [0.5, 0.6) is 0 Å². The van der Waals surface area contributed by atoms with E-state index in [9.17, 15) is 4.79 Å². The van der Waals surface area contributed by atoms with Crippen molar-refractivity contribution in [1.82, 2.24) is 5.32 Å². The average molecular weight is 328 g/mol. The number of para-hydroxylation sites is 2. The molecule has 3 heteroatoms. The molecule has 0 atom stereocenters. The van der Waals surface area contributed by atoms with Gasteiger partial charge in [-0.3, -0.25) is 4.90 Å². The van der Waals surface area contributed by atoms with E-state index in [4.69, 9.17) is 0 Å². The van der Waals surface area contributed by atoms with Crippen LogP contribution in [0, 0.1) is 0 Å². The number of anilines is 2. The molecule has 2 amide bonds. The molecule has 0 saturated carbocycles. The Kier molecular flexibility index (Phi) is 4.21. The minimum absolute atomic E-state index is 0.0920. The molecule has 1 aliphatic heterocycles. The van der Waals surface area contributed by atoms with Crippen LogP contribution in [0.1, 0.15) is 16.7 Å². The molecule has 0 bridgehead atoms. The second-order valence-electron chi connectivity index (χ2n) is 6.24. The van der Waals surface area contributed by atoms with Crippen LogP contribution in [0.4, 0.5) is 16.2 Å². The van der Waals surface area contributed by atoms with Gasteiger partial charge in [0.05, 0.1) is 11.4 Å². The standard InChI is InChI=1S/C22H20N2O/c25-22(23-16-17-8-2-1-3-9-17)24-20-12-6-4-10-18(20)14-15-19-11-5-7-13-21(19)24/h1-13H,14-16H2,(H,23,25). The number of hydrogen-bond acceptors (Lipinski definition) is 1. The molecule has 4 rings (SSSR count). The van der Waals surface area contributed by atoms with Crippen LogP contribution < -0.4 is 10.2 Å². The molecule has 0 aliphatic carbocycles. The van der Waals surface area contributed by atoms with Crippen LogP contribution in [-0.4, -0.2) is 6.03 Å². The van der Waals surface area contributed by atoms with Crippen molar-refractivity contribution in [3.8, 4) is 0 Å². The summed E-state index contributed by atoms with van der Waals surface area (Å²) in [6.45, 7) is 0.514. The fourth-order valence-corrected chi connectivity index (χ4v) is 3.35. The van der Waals surface area contributed by atoms with Crippen LogP contribution in [-0.2, 0) is 19.4 Å². The normalized spacial score (nSPS) is 12.7. The SMILES string of the molecule is O=C(NCc1ccccc1)N1c2ccccc2CCc2ccccc21. The first kappa shape index (κ1) is 15.5. The van der Waals surface area contributed by atoms with E-state index in [1.165, 1.54) is 11.1 Å². The first-order valence-electron chi connectivity index (χ1n) is 8.60. The Morgan fingerprint density at radius 3 is 1.88 bits per heavy atom. The van der Waals surface area contributed by atoms with E-state index < -0.39 is 0 Å². The fraction of sp³-hybridized carbons (Fsp3) is 0.136. The zero-order valence-corrected chi connectivity index (χ0v) is 14.0. The van der Waals surface area contributed by atoms with Crippen molar-refractivity contribution >= 4 is 17.4 Å². The molecule has 1 heterocycles. The number of nitrogens with one attached hydrogen (secondary N) is 1. The summed E-state index contributed by atoms with van der Waals surface area (Å²) in [7, 11) is 0. The number of rotatable bonds is 2. The molecular weight excluding hydrogens is 308 g/mol. The monoisotopic (exact) mass is 328 g/mol. The molecule has 1 aliphatic rings. The molecule has 0 saturated heterocycles. The molecule has 3 nitrogen and oxygen atoms in total. The number of urea groups is 1. The Hall–Kier alpha value is -3.07. The molecule has 1 N–H and O–H groups in total. The third kappa shape index (κ3) is 3.13. The number of carbonyl (C=O) groups is 1. The average Bonchev–Trinajstić information content (AvgIpc) is 2.84. The fourth-order valence-electron chi connectivity index (χ4n) is 3.35. The number of amides is 2. The lowest BCUT2D eigenvalue weighted by atomic mass is 10.0. The lowest BCUT2D eigenvalue weighted by Crippen LogP contribution is -2.37. The Labute approximate surface area is 147 Å². The van der Waals surface area contributed by atoms with Gasteiger partial charge in [0, 0.05) is 6.54 Å². The second kappa shape index (κ2) is 6.81. The van der Waals surface area contributed by atoms with Gasteiger partial charge in [0.2, 0.25) is 0 Å². The summed E-state index contributed by atoms with van der Waals surface area (Å²) in [4.78, 5) is 14.9. The number of benzene rings is 3. The minimum Gasteiger partial charge on any atom is -0.333 e. The molecular formula is C22H20N2O. The molecule has 0 fully saturated rings. The minimum atomic E-state index is -0.0920. The lowest BCUT2D eigenvalue weighted by Gasteiger charge is -2.25. The highest BCUT2D eigenvalue weighted by Crippen LogP contribution is 2.35. The predicted octanol–water partition coefficient (Wildman–Crippen LogP) is 4.83. The molecule has 0 unspecified atom stereocenters. The molecule has 124 valence electrons. The van der Waals surface area contributed by atoms with Crippen LogP contribution >= 0.6 is 0 Å². The number of fused-ring (bicyclic) bond motifs is 2. The van der Waals surface area contributed by atoms with E-state index in [1.807, 2.05) is 71.6 Å². The van der Waals surface area contributed by atoms with Crippen molar-refractivity contribution in [3.05, 3.63) is 95.6 Å². The Balaban J connectivity index is 1.68. The highest BCUT2D eigenvalue weighted by atomic mass is 16.2. The van der Waals surface area contributed by atoms with Crippen molar-refractivity contribution < 1.29 is 4.79 Å². The van der Waals surface area contributed by atoms with E-state index in [0.29, 0.717) is 6.54 Å². The van der Waals surface area contributed by atoms with Gasteiger partial charge in [-0.1, -0.05) is 66.7 Å². The third-order valence-corrected chi connectivity index (χ3v) is 4.62. The first-order valence-corrected chi connectivity index (χ1v) is 8.60. The van der Waals surface area contributed by atoms with Crippen molar-refractivity contribution in [2.24, 2.45) is 0 Å². The maximum atomic E-state index is 13.1. The van der Waals surface area contributed by atoms with Crippen molar-refractivity contribution in [2.45, 2.75) is 19.4 Å². The van der Waals surface area contributed by atoms with Gasteiger partial charge in [0.15, 0.2) is 0 Å². The maximum Gasteiger partial charge on any atom is 0.326 e. The van der Waals surface area contributed by atoms with E-state index in [0.717, 1.165) is 29.8 Å². The topological polar surface area (TPSA) is 32.3 Å². The Morgan fingerprint density at radius 2 is 1.28 bits per heavy atom. The van der Waals surface area contributed by atoms with Gasteiger partial charge < -0.3 is 5.32 Å². The van der Waals surface area contributed by atoms with Gasteiger partial charge in [-0.2, -0.15) is 0 Å². The number of nitrogens with zero attached hydrogens (tertiary/aromatic N) is 1. The molecule has 25 heavy (non-hydrogen) atoms. The Bertz CT molecular complexity index is 842. The van der Waals surface area contributed by atoms with Gasteiger partial charge in [-0.25, -0.2) is 4.79 Å². The van der Waals surface area contributed by atoms with Crippen LogP contribution in [0.3, 0.4) is 0 Å². The summed E-state index contributed by atoms with van der Waals surface area (Å²) in [5, 5.41) is 3.07. The van der Waals surface area contributed by atoms with Crippen molar-refractivity contribution in [3.63, 3.8) is 0 Å². The van der Waals surface area contributed by atoms with Crippen molar-refractivity contribution in [1.29, 1.82) is 0 Å². The van der Waals surface area contributed by atoms with Crippen molar-refractivity contribution in [2.75, 3.05) is 4.90 Å². The smallest absolute Gasteiger partial charge is 0.326 e. The van der Waals surface area contributed by atoms with Gasteiger partial charge in [-0.15, -0.1) is 0 Å². The quantitative estimate of drug-likeness (QED) is 0.718. The highest BCUT2D eigenvalue weighted by Gasteiger charge is 2.25. The maximum absolute atomic E-state index is 13.1. The van der Waals surface area contributed by atoms with Crippen LogP contribution in [0.2, 0.25) is 0 Å². The highest BCUT2D eigenvalue weighted by molar-refractivity contribution is 6.01. The van der Waals surface area contributed by atoms with E-state index in [1.54, 1.807) is 0 Å². The number of hydrogen-bond donors (Lipinski definition) is 1. The lowest BCUT2D eigenvalue weighted by molar-refractivity contribution is 0.248. The van der Waals surface area contributed by atoms with Gasteiger partial charge in [-0.05, 0) is 41.7 Å². The van der Waals surface area contributed by atoms with Gasteiger partial charge in [0.1, 0.15) is 0 Å². The Morgan fingerprint density at radius 1 is 0.760 bits per heavy atom. The molecule has 3 aromatic carbocycles. The van der Waals surface area contributed by atoms with Crippen LogP contribution in [0.15, 0.2) is 78.9 Å². The summed E-state index contributed by atoms with van der Waals surface area (Å²) in [6, 6.07) is 26.2. The first-order chi connectivity index (χ1) is 12.3. The van der Waals surface area contributed by atoms with Crippen LogP contribution in [0.25, 0.3) is 0 Å². The summed E-state index contributed by atoms with van der Waals surface area (Å²) in [5.74, 6) is 0. The zero-order chi connectivity index (χ0) is 17.1. The van der Waals surface area contributed by atoms with E-state index in [2.05, 4.69) is 17.4 Å². The summed E-state index contributed by atoms with van der Waals surface area (Å²) >= 11 is 0.